The number of benzene rings is 1. The van der Waals surface area contributed by atoms with Gasteiger partial charge in [-0.15, -0.1) is 0 Å². The fourth-order valence-corrected chi connectivity index (χ4v) is 5.85. The molecule has 0 saturated carbocycles. The molecule has 3 heterocycles. The first-order chi connectivity index (χ1) is 17.2. The Morgan fingerprint density at radius 2 is 1.97 bits per heavy atom. The van der Waals surface area contributed by atoms with Gasteiger partial charge in [-0.1, -0.05) is 20.8 Å². The number of esters is 1. The number of sulfone groups is 1. The zero-order valence-corrected chi connectivity index (χ0v) is 22.0. The molecule has 2 aromatic rings. The Balaban J connectivity index is 1.79. The third-order valence-corrected chi connectivity index (χ3v) is 8.01. The van der Waals surface area contributed by atoms with E-state index in [0.717, 1.165) is 23.7 Å². The number of piperidine rings is 1. The Kier molecular flexibility index (Phi) is 7.08. The number of carbonyl (C=O) groups is 1. The van der Waals surface area contributed by atoms with E-state index in [1.54, 1.807) is 17.0 Å². The monoisotopic (exact) mass is 538 g/mol. The number of aliphatic imine (C=N–C) groups is 1. The third kappa shape index (κ3) is 5.07. The summed E-state index contributed by atoms with van der Waals surface area (Å²) < 4.78 is 70.5. The number of halogens is 3. The standard InChI is InChI=1S/C25H29F3N4O4S/c1-6-36-23(33)18-12-29-24(31-22(18)25(26,27)28)32-10-9-16-14(4)17-11-15(37(5,34)35)7-8-19(17)30-20(16)21(32)13(2)3/h7-8,11-14,16,21H,6,9-10H2,1-5H3. The summed E-state index contributed by atoms with van der Waals surface area (Å²) >= 11 is 0. The summed E-state index contributed by atoms with van der Waals surface area (Å²) in [4.78, 5) is 26.9. The molecule has 3 atom stereocenters. The number of carbonyl (C=O) groups excluding carboxylic acids is 1. The highest BCUT2D eigenvalue weighted by atomic mass is 32.2. The van der Waals surface area contributed by atoms with Crippen molar-refractivity contribution in [3.8, 4) is 0 Å². The van der Waals surface area contributed by atoms with Crippen molar-refractivity contribution in [3.05, 3.63) is 41.2 Å². The fourth-order valence-electron chi connectivity index (χ4n) is 5.20. The third-order valence-electron chi connectivity index (χ3n) is 6.90. The average Bonchev–Trinajstić information content (AvgIpc) is 2.81. The van der Waals surface area contributed by atoms with Gasteiger partial charge in [-0.25, -0.2) is 23.2 Å². The molecular weight excluding hydrogens is 509 g/mol. The number of hydrogen-bond acceptors (Lipinski definition) is 8. The second-order valence-corrected chi connectivity index (χ2v) is 11.8. The van der Waals surface area contributed by atoms with Crippen LogP contribution < -0.4 is 4.90 Å². The van der Waals surface area contributed by atoms with E-state index in [9.17, 15) is 26.4 Å². The van der Waals surface area contributed by atoms with Crippen molar-refractivity contribution >= 4 is 33.2 Å². The van der Waals surface area contributed by atoms with Crippen LogP contribution in [0.5, 0.6) is 0 Å². The summed E-state index contributed by atoms with van der Waals surface area (Å²) in [5, 5.41) is 0. The predicted molar refractivity (Wildman–Crippen MR) is 132 cm³/mol. The fraction of sp³-hybridized carbons (Fsp3) is 0.520. The second-order valence-electron chi connectivity index (χ2n) is 9.75. The van der Waals surface area contributed by atoms with Crippen LogP contribution in [0.1, 0.15) is 61.6 Å². The van der Waals surface area contributed by atoms with Crippen LogP contribution in [0.25, 0.3) is 0 Å². The molecule has 37 heavy (non-hydrogen) atoms. The normalized spacial score (nSPS) is 21.8. The number of aromatic nitrogens is 2. The minimum atomic E-state index is -4.88. The Hall–Kier alpha value is -3.02. The molecule has 0 amide bonds. The van der Waals surface area contributed by atoms with Crippen molar-refractivity contribution in [1.29, 1.82) is 0 Å². The van der Waals surface area contributed by atoms with Crippen molar-refractivity contribution in [3.63, 3.8) is 0 Å². The van der Waals surface area contributed by atoms with Crippen LogP contribution >= 0.6 is 0 Å². The molecule has 0 spiro atoms. The summed E-state index contributed by atoms with van der Waals surface area (Å²) in [7, 11) is -3.39. The highest BCUT2D eigenvalue weighted by molar-refractivity contribution is 7.90. The minimum Gasteiger partial charge on any atom is -0.462 e. The highest BCUT2D eigenvalue weighted by Crippen LogP contribution is 2.45. The smallest absolute Gasteiger partial charge is 0.434 e. The van der Waals surface area contributed by atoms with Crippen LogP contribution in [0.4, 0.5) is 24.8 Å². The molecule has 0 aliphatic carbocycles. The van der Waals surface area contributed by atoms with Gasteiger partial charge < -0.3 is 9.64 Å². The van der Waals surface area contributed by atoms with E-state index in [4.69, 9.17) is 9.73 Å². The topological polar surface area (TPSA) is 102 Å². The lowest BCUT2D eigenvalue weighted by Gasteiger charge is -2.46. The minimum absolute atomic E-state index is 0.0214. The lowest BCUT2D eigenvalue weighted by atomic mass is 9.72. The number of fused-ring (bicyclic) bond motifs is 2. The number of rotatable bonds is 5. The van der Waals surface area contributed by atoms with E-state index in [-0.39, 0.29) is 35.2 Å². The van der Waals surface area contributed by atoms with Crippen molar-refractivity contribution < 1.29 is 31.1 Å². The lowest BCUT2D eigenvalue weighted by Crippen LogP contribution is -2.55. The van der Waals surface area contributed by atoms with Gasteiger partial charge in [-0.3, -0.25) is 4.99 Å². The quantitative estimate of drug-likeness (QED) is 0.503. The molecule has 0 bridgehead atoms. The van der Waals surface area contributed by atoms with Crippen LogP contribution in [0, 0.1) is 11.8 Å². The number of ether oxygens (including phenoxy) is 1. The van der Waals surface area contributed by atoms with E-state index < -0.39 is 39.3 Å². The molecule has 12 heteroatoms. The highest BCUT2D eigenvalue weighted by Gasteiger charge is 2.44. The van der Waals surface area contributed by atoms with Crippen molar-refractivity contribution in [2.75, 3.05) is 24.3 Å². The molecule has 3 unspecified atom stereocenters. The van der Waals surface area contributed by atoms with E-state index >= 15 is 0 Å². The number of alkyl halides is 3. The van der Waals surface area contributed by atoms with Gasteiger partial charge in [0.1, 0.15) is 5.56 Å². The summed E-state index contributed by atoms with van der Waals surface area (Å²) in [6.07, 6.45) is -2.28. The lowest BCUT2D eigenvalue weighted by molar-refractivity contribution is -0.141. The summed E-state index contributed by atoms with van der Waals surface area (Å²) in [5.74, 6) is -1.37. The van der Waals surface area contributed by atoms with Gasteiger partial charge in [0.2, 0.25) is 5.95 Å². The first-order valence-corrected chi connectivity index (χ1v) is 13.9. The maximum absolute atomic E-state index is 13.9. The molecule has 2 aliphatic heterocycles. The Morgan fingerprint density at radius 1 is 1.27 bits per heavy atom. The van der Waals surface area contributed by atoms with Gasteiger partial charge in [0, 0.05) is 30.6 Å². The Labute approximate surface area is 213 Å². The maximum atomic E-state index is 13.9. The number of anilines is 1. The molecule has 0 N–H and O–H groups in total. The molecule has 0 radical (unpaired) electrons. The molecule has 1 fully saturated rings. The molecule has 2 aliphatic rings. The van der Waals surface area contributed by atoms with Crippen LogP contribution in [-0.2, 0) is 20.8 Å². The van der Waals surface area contributed by atoms with Crippen LogP contribution in [0.2, 0.25) is 0 Å². The van der Waals surface area contributed by atoms with Crippen LogP contribution in [0.3, 0.4) is 0 Å². The van der Waals surface area contributed by atoms with Gasteiger partial charge in [0.25, 0.3) is 0 Å². The maximum Gasteiger partial charge on any atom is 0.434 e. The summed E-state index contributed by atoms with van der Waals surface area (Å²) in [5.41, 5.74) is 0.224. The van der Waals surface area contributed by atoms with Crippen LogP contribution in [0.15, 0.2) is 34.3 Å². The van der Waals surface area contributed by atoms with E-state index in [2.05, 4.69) is 9.97 Å². The molecule has 200 valence electrons. The molecule has 8 nitrogen and oxygen atoms in total. The van der Waals surface area contributed by atoms with E-state index in [1.165, 1.54) is 13.0 Å². The van der Waals surface area contributed by atoms with E-state index in [1.807, 2.05) is 20.8 Å². The SMILES string of the molecule is CCOC(=O)c1cnc(N2CCC3C(=Nc4ccc(S(C)(=O)=O)cc4C3C)C2C(C)C)nc1C(F)(F)F. The number of nitrogens with zero attached hydrogens (tertiary/aromatic N) is 4. The first-order valence-electron chi connectivity index (χ1n) is 12.0. The zero-order valence-electron chi connectivity index (χ0n) is 21.2. The second kappa shape index (κ2) is 9.70. The molecule has 1 aromatic heterocycles. The molecule has 4 rings (SSSR count). The van der Waals surface area contributed by atoms with Gasteiger partial charge in [0.15, 0.2) is 15.5 Å². The predicted octanol–water partition coefficient (Wildman–Crippen LogP) is 4.82. The zero-order chi connectivity index (χ0) is 27.3. The van der Waals surface area contributed by atoms with Gasteiger partial charge >= 0.3 is 12.1 Å². The van der Waals surface area contributed by atoms with Gasteiger partial charge in [-0.05, 0) is 48.9 Å². The first kappa shape index (κ1) is 27.0. The van der Waals surface area contributed by atoms with Gasteiger partial charge in [-0.2, -0.15) is 13.2 Å². The Bertz CT molecular complexity index is 1360. The van der Waals surface area contributed by atoms with E-state index in [0.29, 0.717) is 18.7 Å². The summed E-state index contributed by atoms with van der Waals surface area (Å²) in [6, 6.07) is 4.47. The van der Waals surface area contributed by atoms with Crippen molar-refractivity contribution in [1.82, 2.24) is 9.97 Å². The Morgan fingerprint density at radius 3 is 2.57 bits per heavy atom. The van der Waals surface area contributed by atoms with Crippen molar-refractivity contribution in [2.45, 2.75) is 57.1 Å². The molecule has 1 saturated heterocycles. The number of hydrogen-bond donors (Lipinski definition) is 0. The van der Waals surface area contributed by atoms with Crippen molar-refractivity contribution in [2.24, 2.45) is 16.8 Å². The largest absolute Gasteiger partial charge is 0.462 e. The van der Waals surface area contributed by atoms with Crippen LogP contribution in [-0.4, -0.2) is 55.5 Å². The average molecular weight is 539 g/mol. The molecular formula is C25H29F3N4O4S. The van der Waals surface area contributed by atoms with Gasteiger partial charge in [0.05, 0.1) is 23.2 Å². The molecule has 1 aromatic carbocycles. The summed E-state index contributed by atoms with van der Waals surface area (Å²) in [6.45, 7) is 7.72.